The molecule has 0 aromatic carbocycles. The van der Waals surface area contributed by atoms with Gasteiger partial charge in [-0.15, -0.1) is 0 Å². The van der Waals surface area contributed by atoms with Gasteiger partial charge in [0.25, 0.3) is 0 Å². The monoisotopic (exact) mass is 334 g/mol. The molecule has 1 atom stereocenters. The van der Waals surface area contributed by atoms with E-state index in [1.165, 1.54) is 58.2 Å². The van der Waals surface area contributed by atoms with Crippen molar-refractivity contribution in [3.8, 4) is 0 Å². The molecular weight excluding hydrogens is 296 g/mol. The second-order valence-corrected chi connectivity index (χ2v) is 7.90. The predicted octanol–water partition coefficient (Wildman–Crippen LogP) is 3.41. The van der Waals surface area contributed by atoms with E-state index in [-0.39, 0.29) is 0 Å². The van der Waals surface area contributed by atoms with Crippen molar-refractivity contribution in [3.63, 3.8) is 0 Å². The first-order valence-electron chi connectivity index (χ1n) is 10.0. The molecule has 0 spiro atoms. The summed E-state index contributed by atoms with van der Waals surface area (Å²) in [5.74, 6) is 2.48. The number of allylic oxidation sites excluding steroid dienone is 1. The molecule has 2 rings (SSSR count). The minimum Gasteiger partial charge on any atom is -0.356 e. The Morgan fingerprint density at radius 1 is 1.29 bits per heavy atom. The number of piperidine rings is 1. The molecule has 2 aliphatic rings. The highest BCUT2D eigenvalue weighted by Gasteiger charge is 2.20. The Kier molecular flexibility index (Phi) is 8.65. The molecule has 1 unspecified atom stereocenters. The van der Waals surface area contributed by atoms with Gasteiger partial charge in [-0.25, -0.2) is 0 Å². The molecule has 0 aromatic heterocycles. The molecule has 0 amide bonds. The standard InChI is InChI=1S/C20H38N4/c1-17(2)15-24-13-7-10-19(16-24)14-23-20(21-3)22-12-11-18-8-5-4-6-9-18/h8,17,19H,4-7,9-16H2,1-3H3,(H2,21,22,23). The van der Waals surface area contributed by atoms with E-state index >= 15 is 0 Å². The summed E-state index contributed by atoms with van der Waals surface area (Å²) < 4.78 is 0. The van der Waals surface area contributed by atoms with Crippen LogP contribution < -0.4 is 10.6 Å². The van der Waals surface area contributed by atoms with Gasteiger partial charge in [-0.2, -0.15) is 0 Å². The average Bonchev–Trinajstić information content (AvgIpc) is 2.58. The minimum atomic E-state index is 0.747. The second-order valence-electron chi connectivity index (χ2n) is 7.90. The van der Waals surface area contributed by atoms with Crippen LogP contribution in [0.25, 0.3) is 0 Å². The molecule has 4 nitrogen and oxygen atoms in total. The van der Waals surface area contributed by atoms with Gasteiger partial charge in [0.05, 0.1) is 0 Å². The average molecular weight is 335 g/mol. The normalized spacial score (nSPS) is 23.2. The van der Waals surface area contributed by atoms with E-state index in [0.717, 1.165) is 37.3 Å². The molecule has 0 bridgehead atoms. The highest BCUT2D eigenvalue weighted by Crippen LogP contribution is 2.19. The molecule has 0 aromatic rings. The van der Waals surface area contributed by atoms with Gasteiger partial charge in [-0.3, -0.25) is 4.99 Å². The van der Waals surface area contributed by atoms with Gasteiger partial charge in [0, 0.05) is 33.2 Å². The zero-order chi connectivity index (χ0) is 17.2. The van der Waals surface area contributed by atoms with Crippen LogP contribution in [0.15, 0.2) is 16.6 Å². The van der Waals surface area contributed by atoms with E-state index in [4.69, 9.17) is 0 Å². The summed E-state index contributed by atoms with van der Waals surface area (Å²) in [5, 5.41) is 7.03. The van der Waals surface area contributed by atoms with Crippen LogP contribution in [0.1, 0.15) is 58.8 Å². The number of guanidine groups is 1. The van der Waals surface area contributed by atoms with Gasteiger partial charge in [0.15, 0.2) is 5.96 Å². The Bertz CT molecular complexity index is 414. The zero-order valence-electron chi connectivity index (χ0n) is 16.1. The van der Waals surface area contributed by atoms with Crippen molar-refractivity contribution in [3.05, 3.63) is 11.6 Å². The molecule has 1 fully saturated rings. The van der Waals surface area contributed by atoms with Crippen molar-refractivity contribution in [1.82, 2.24) is 15.5 Å². The first kappa shape index (κ1) is 19.3. The van der Waals surface area contributed by atoms with Gasteiger partial charge in [0.1, 0.15) is 0 Å². The molecule has 1 saturated heterocycles. The Morgan fingerprint density at radius 3 is 2.88 bits per heavy atom. The molecular formula is C20H38N4. The molecule has 1 heterocycles. The Morgan fingerprint density at radius 2 is 2.17 bits per heavy atom. The van der Waals surface area contributed by atoms with Gasteiger partial charge in [-0.05, 0) is 63.3 Å². The molecule has 24 heavy (non-hydrogen) atoms. The van der Waals surface area contributed by atoms with Crippen molar-refractivity contribution in [2.75, 3.05) is 39.8 Å². The maximum Gasteiger partial charge on any atom is 0.190 e. The smallest absolute Gasteiger partial charge is 0.190 e. The number of hydrogen-bond acceptors (Lipinski definition) is 2. The first-order valence-corrected chi connectivity index (χ1v) is 10.0. The summed E-state index contributed by atoms with van der Waals surface area (Å²) in [7, 11) is 1.88. The number of nitrogens with one attached hydrogen (secondary N) is 2. The quantitative estimate of drug-likeness (QED) is 0.426. The van der Waals surface area contributed by atoms with Crippen LogP contribution in [0, 0.1) is 11.8 Å². The molecule has 2 N–H and O–H groups in total. The zero-order valence-corrected chi connectivity index (χ0v) is 16.1. The molecule has 138 valence electrons. The summed E-state index contributed by atoms with van der Waals surface area (Å²) in [6, 6.07) is 0. The molecule has 1 aliphatic carbocycles. The maximum absolute atomic E-state index is 4.38. The van der Waals surface area contributed by atoms with Gasteiger partial charge < -0.3 is 15.5 Å². The van der Waals surface area contributed by atoms with Crippen molar-refractivity contribution >= 4 is 5.96 Å². The van der Waals surface area contributed by atoms with Crippen LogP contribution in [0.2, 0.25) is 0 Å². The maximum atomic E-state index is 4.38. The lowest BCUT2D eigenvalue weighted by atomic mass is 9.97. The second kappa shape index (κ2) is 10.8. The van der Waals surface area contributed by atoms with Crippen molar-refractivity contribution in [2.24, 2.45) is 16.8 Å². The number of hydrogen-bond donors (Lipinski definition) is 2. The number of likely N-dealkylation sites (tertiary alicyclic amines) is 1. The summed E-state index contributed by atoms with van der Waals surface area (Å²) in [6.07, 6.45) is 11.6. The van der Waals surface area contributed by atoms with E-state index in [1.54, 1.807) is 5.57 Å². The van der Waals surface area contributed by atoms with Crippen molar-refractivity contribution in [1.29, 1.82) is 0 Å². The van der Waals surface area contributed by atoms with Crippen molar-refractivity contribution in [2.45, 2.75) is 58.8 Å². The fourth-order valence-electron chi connectivity index (χ4n) is 3.93. The molecule has 4 heteroatoms. The summed E-state index contributed by atoms with van der Waals surface area (Å²) >= 11 is 0. The lowest BCUT2D eigenvalue weighted by Crippen LogP contribution is -2.45. The third kappa shape index (κ3) is 7.25. The van der Waals surface area contributed by atoms with E-state index in [0.29, 0.717) is 0 Å². The van der Waals surface area contributed by atoms with E-state index in [2.05, 4.69) is 40.4 Å². The third-order valence-electron chi connectivity index (χ3n) is 5.13. The van der Waals surface area contributed by atoms with Crippen LogP contribution in [-0.2, 0) is 0 Å². The SMILES string of the molecule is CN=C(NCCC1=CCCCC1)NCC1CCCN(CC(C)C)C1. The lowest BCUT2D eigenvalue weighted by molar-refractivity contribution is 0.159. The van der Waals surface area contributed by atoms with Crippen molar-refractivity contribution < 1.29 is 0 Å². The fourth-order valence-corrected chi connectivity index (χ4v) is 3.93. The van der Waals surface area contributed by atoms with E-state index in [9.17, 15) is 0 Å². The topological polar surface area (TPSA) is 39.7 Å². The number of nitrogens with zero attached hydrogens (tertiary/aromatic N) is 2. The summed E-state index contributed by atoms with van der Waals surface area (Å²) in [5.41, 5.74) is 1.63. The van der Waals surface area contributed by atoms with Crippen LogP contribution in [0.4, 0.5) is 0 Å². The molecule has 0 radical (unpaired) electrons. The Hall–Kier alpha value is -1.03. The van der Waals surface area contributed by atoms with Gasteiger partial charge in [-0.1, -0.05) is 25.5 Å². The minimum absolute atomic E-state index is 0.747. The Labute approximate surface area is 149 Å². The predicted molar refractivity (Wildman–Crippen MR) is 105 cm³/mol. The third-order valence-corrected chi connectivity index (χ3v) is 5.13. The Balaban J connectivity index is 1.64. The fraction of sp³-hybridized carbons (Fsp3) is 0.850. The van der Waals surface area contributed by atoms with E-state index < -0.39 is 0 Å². The largest absolute Gasteiger partial charge is 0.356 e. The summed E-state index contributed by atoms with van der Waals surface area (Å²) in [6.45, 7) is 10.4. The summed E-state index contributed by atoms with van der Waals surface area (Å²) in [4.78, 5) is 7.02. The molecule has 1 aliphatic heterocycles. The molecule has 0 saturated carbocycles. The number of rotatable bonds is 7. The number of aliphatic imine (C=N–C) groups is 1. The highest BCUT2D eigenvalue weighted by atomic mass is 15.2. The first-order chi connectivity index (χ1) is 11.7. The van der Waals surface area contributed by atoms with Crippen LogP contribution in [0.3, 0.4) is 0 Å². The highest BCUT2D eigenvalue weighted by molar-refractivity contribution is 5.79. The van der Waals surface area contributed by atoms with E-state index in [1.807, 2.05) is 7.05 Å². The van der Waals surface area contributed by atoms with Gasteiger partial charge in [0.2, 0.25) is 0 Å². The van der Waals surface area contributed by atoms with Crippen LogP contribution in [0.5, 0.6) is 0 Å². The van der Waals surface area contributed by atoms with Gasteiger partial charge >= 0.3 is 0 Å². The lowest BCUT2D eigenvalue weighted by Gasteiger charge is -2.34. The van der Waals surface area contributed by atoms with Crippen LogP contribution in [-0.4, -0.2) is 50.6 Å². The van der Waals surface area contributed by atoms with Crippen LogP contribution >= 0.6 is 0 Å².